The van der Waals surface area contributed by atoms with Gasteiger partial charge in [0.1, 0.15) is 0 Å². The van der Waals surface area contributed by atoms with Gasteiger partial charge in [-0.15, -0.1) is 0 Å². The van der Waals surface area contributed by atoms with E-state index in [4.69, 9.17) is 27.9 Å². The van der Waals surface area contributed by atoms with Gasteiger partial charge in [0, 0.05) is 12.2 Å². The summed E-state index contributed by atoms with van der Waals surface area (Å²) in [5, 5.41) is 4.31. The second kappa shape index (κ2) is 10.9. The Morgan fingerprint density at radius 3 is 2.52 bits per heavy atom. The Morgan fingerprint density at radius 1 is 1.10 bits per heavy atom. The largest absolute Gasteiger partial charge is 0.465 e. The Morgan fingerprint density at radius 2 is 1.79 bits per heavy atom. The van der Waals surface area contributed by atoms with Crippen molar-refractivity contribution in [2.75, 3.05) is 31.6 Å². The van der Waals surface area contributed by atoms with Gasteiger partial charge in [-0.1, -0.05) is 54.4 Å². The second-order valence-corrected chi connectivity index (χ2v) is 8.47. The normalized spacial score (nSPS) is 15.3. The third kappa shape index (κ3) is 6.63. The number of anilines is 2. The van der Waals surface area contributed by atoms with Crippen LogP contribution in [-0.4, -0.2) is 37.1 Å². The van der Waals surface area contributed by atoms with Crippen molar-refractivity contribution in [2.24, 2.45) is 5.92 Å². The number of benzene rings is 2. The van der Waals surface area contributed by atoms with E-state index in [1.165, 1.54) is 12.8 Å². The molecule has 4 nitrogen and oxygen atoms in total. The van der Waals surface area contributed by atoms with Crippen LogP contribution in [0.4, 0.5) is 11.4 Å². The Bertz CT molecular complexity index is 800. The number of likely N-dealkylation sites (tertiary alicyclic amines) is 1. The molecule has 1 saturated heterocycles. The molecule has 156 valence electrons. The van der Waals surface area contributed by atoms with Crippen LogP contribution in [0.3, 0.4) is 0 Å². The maximum Gasteiger partial charge on any atom is 0.310 e. The Hall–Kier alpha value is -1.75. The Kier molecular flexibility index (Phi) is 8.22. The van der Waals surface area contributed by atoms with Crippen molar-refractivity contribution >= 4 is 40.5 Å². The average Bonchev–Trinajstić information content (AvgIpc) is 2.71. The number of nitrogens with one attached hydrogen (secondary N) is 1. The molecule has 1 aliphatic rings. The van der Waals surface area contributed by atoms with E-state index in [9.17, 15) is 4.79 Å². The molecule has 6 heteroatoms. The topological polar surface area (TPSA) is 41.6 Å². The minimum absolute atomic E-state index is 0.201. The van der Waals surface area contributed by atoms with Gasteiger partial charge in [0.25, 0.3) is 0 Å². The number of piperidine rings is 1. The molecule has 1 aliphatic heterocycles. The van der Waals surface area contributed by atoms with E-state index in [0.717, 1.165) is 43.2 Å². The molecule has 2 aromatic carbocycles. The van der Waals surface area contributed by atoms with Crippen LogP contribution in [0, 0.1) is 5.92 Å². The van der Waals surface area contributed by atoms with Crippen LogP contribution in [0.25, 0.3) is 0 Å². The van der Waals surface area contributed by atoms with Gasteiger partial charge in [0.2, 0.25) is 0 Å². The van der Waals surface area contributed by atoms with Crippen LogP contribution in [0.5, 0.6) is 0 Å². The highest BCUT2D eigenvalue weighted by molar-refractivity contribution is 6.39. The van der Waals surface area contributed by atoms with E-state index in [1.54, 1.807) is 18.2 Å². The van der Waals surface area contributed by atoms with Crippen molar-refractivity contribution in [3.63, 3.8) is 0 Å². The number of esters is 1. The van der Waals surface area contributed by atoms with E-state index in [0.29, 0.717) is 22.3 Å². The number of carbonyl (C=O) groups is 1. The first kappa shape index (κ1) is 21.9. The molecule has 1 heterocycles. The zero-order valence-electron chi connectivity index (χ0n) is 16.8. The number of carbonyl (C=O) groups excluding carboxylic acids is 1. The molecule has 29 heavy (non-hydrogen) atoms. The fourth-order valence-electron chi connectivity index (χ4n) is 3.51. The molecule has 0 radical (unpaired) electrons. The van der Waals surface area contributed by atoms with Gasteiger partial charge in [0.15, 0.2) is 0 Å². The summed E-state index contributed by atoms with van der Waals surface area (Å²) in [4.78, 5) is 14.8. The van der Waals surface area contributed by atoms with Crippen molar-refractivity contribution in [2.45, 2.75) is 32.6 Å². The zero-order valence-corrected chi connectivity index (χ0v) is 18.3. The lowest BCUT2D eigenvalue weighted by Crippen LogP contribution is -2.34. The fraction of sp³-hybridized carbons (Fsp3) is 0.435. The van der Waals surface area contributed by atoms with E-state index in [1.807, 2.05) is 24.3 Å². The molecule has 1 fully saturated rings. The van der Waals surface area contributed by atoms with E-state index in [2.05, 4.69) is 17.1 Å². The number of para-hydroxylation sites is 2. The summed E-state index contributed by atoms with van der Waals surface area (Å²) in [5.41, 5.74) is 2.27. The summed E-state index contributed by atoms with van der Waals surface area (Å²) in [5.74, 6) is 0.607. The first-order valence-corrected chi connectivity index (χ1v) is 11.0. The van der Waals surface area contributed by atoms with Gasteiger partial charge < -0.3 is 15.0 Å². The molecule has 2 aromatic rings. The number of hydrogen-bond donors (Lipinski definition) is 1. The van der Waals surface area contributed by atoms with Gasteiger partial charge in [-0.2, -0.15) is 0 Å². The quantitative estimate of drug-likeness (QED) is 0.411. The number of ether oxygens (including phenoxy) is 1. The molecule has 0 saturated carbocycles. The van der Waals surface area contributed by atoms with Crippen LogP contribution in [-0.2, 0) is 16.0 Å². The lowest BCUT2D eigenvalue weighted by molar-refractivity contribution is -0.143. The average molecular weight is 435 g/mol. The van der Waals surface area contributed by atoms with E-state index < -0.39 is 0 Å². The smallest absolute Gasteiger partial charge is 0.310 e. The zero-order chi connectivity index (χ0) is 20.6. The molecule has 0 atom stereocenters. The molecule has 0 bridgehead atoms. The van der Waals surface area contributed by atoms with Crippen LogP contribution in [0.15, 0.2) is 42.5 Å². The summed E-state index contributed by atoms with van der Waals surface area (Å²) >= 11 is 12.5. The molecule has 0 spiro atoms. The summed E-state index contributed by atoms with van der Waals surface area (Å²) in [7, 11) is 0. The van der Waals surface area contributed by atoms with Crippen molar-refractivity contribution in [3.8, 4) is 0 Å². The Balaban J connectivity index is 1.49. The number of rotatable bonds is 8. The molecular formula is C23H28Cl2N2O2. The fourth-order valence-corrected chi connectivity index (χ4v) is 4.01. The summed E-state index contributed by atoms with van der Waals surface area (Å²) < 4.78 is 5.47. The number of nitrogens with zero attached hydrogens (tertiary/aromatic N) is 1. The highest BCUT2D eigenvalue weighted by Crippen LogP contribution is 2.33. The number of halogens is 2. The van der Waals surface area contributed by atoms with Gasteiger partial charge >= 0.3 is 5.97 Å². The molecule has 0 amide bonds. The third-order valence-corrected chi connectivity index (χ3v) is 5.96. The molecule has 0 unspecified atom stereocenters. The lowest BCUT2D eigenvalue weighted by Gasteiger charge is -2.29. The van der Waals surface area contributed by atoms with Crippen LogP contribution in [0.1, 0.15) is 31.7 Å². The molecular weight excluding hydrogens is 407 g/mol. The van der Waals surface area contributed by atoms with E-state index in [-0.39, 0.29) is 12.4 Å². The minimum atomic E-state index is -0.225. The highest BCUT2D eigenvalue weighted by Gasteiger charge is 2.15. The standard InChI is InChI=1S/C23H28Cl2N2O2/c1-17-10-13-27(14-11-17)12-5-15-29-22(28)16-18-6-2-3-9-21(18)26-23-19(24)7-4-8-20(23)25/h2-4,6-9,17,26H,5,10-16H2,1H3. The second-order valence-electron chi connectivity index (χ2n) is 7.65. The van der Waals surface area contributed by atoms with Crippen LogP contribution in [0.2, 0.25) is 10.0 Å². The van der Waals surface area contributed by atoms with E-state index >= 15 is 0 Å². The van der Waals surface area contributed by atoms with Gasteiger partial charge in [-0.3, -0.25) is 4.79 Å². The third-order valence-electron chi connectivity index (χ3n) is 5.33. The van der Waals surface area contributed by atoms with Crippen LogP contribution >= 0.6 is 23.2 Å². The maximum atomic E-state index is 12.3. The van der Waals surface area contributed by atoms with Crippen LogP contribution < -0.4 is 5.32 Å². The first-order valence-electron chi connectivity index (χ1n) is 10.2. The lowest BCUT2D eigenvalue weighted by atomic mass is 9.99. The predicted molar refractivity (Wildman–Crippen MR) is 120 cm³/mol. The minimum Gasteiger partial charge on any atom is -0.465 e. The van der Waals surface area contributed by atoms with Gasteiger partial charge in [0.05, 0.1) is 28.8 Å². The number of hydrogen-bond acceptors (Lipinski definition) is 4. The SMILES string of the molecule is CC1CCN(CCCOC(=O)Cc2ccccc2Nc2c(Cl)cccc2Cl)CC1. The van der Waals surface area contributed by atoms with Crippen molar-refractivity contribution in [1.29, 1.82) is 0 Å². The summed E-state index contributed by atoms with van der Waals surface area (Å²) in [6.45, 7) is 6.06. The summed E-state index contributed by atoms with van der Waals surface area (Å²) in [6, 6.07) is 13.0. The van der Waals surface area contributed by atoms with Gasteiger partial charge in [-0.25, -0.2) is 0 Å². The van der Waals surface area contributed by atoms with Crippen molar-refractivity contribution < 1.29 is 9.53 Å². The summed E-state index contributed by atoms with van der Waals surface area (Å²) in [6.07, 6.45) is 3.60. The molecule has 0 aromatic heterocycles. The monoisotopic (exact) mass is 434 g/mol. The molecule has 3 rings (SSSR count). The van der Waals surface area contributed by atoms with Crippen molar-refractivity contribution in [3.05, 3.63) is 58.1 Å². The molecule has 0 aliphatic carbocycles. The van der Waals surface area contributed by atoms with Gasteiger partial charge in [-0.05, 0) is 62.0 Å². The Labute approximate surface area is 183 Å². The van der Waals surface area contributed by atoms with Crippen molar-refractivity contribution in [1.82, 2.24) is 4.90 Å². The predicted octanol–water partition coefficient (Wildman–Crippen LogP) is 5.94. The maximum absolute atomic E-state index is 12.3. The molecule has 1 N–H and O–H groups in total. The highest BCUT2D eigenvalue weighted by atomic mass is 35.5. The first-order chi connectivity index (χ1) is 14.0.